The Morgan fingerprint density at radius 3 is 2.92 bits per heavy atom. The number of aromatic amines is 1. The van der Waals surface area contributed by atoms with E-state index in [1.54, 1.807) is 19.2 Å². The van der Waals surface area contributed by atoms with E-state index in [0.717, 1.165) is 48.0 Å². The highest BCUT2D eigenvalue weighted by atomic mass is 19.1. The molecule has 2 aromatic rings. The maximum Gasteiger partial charge on any atom is 0.191 e. The molecule has 3 rings (SSSR count). The summed E-state index contributed by atoms with van der Waals surface area (Å²) in [5.41, 5.74) is 2.08. The molecule has 1 heterocycles. The maximum absolute atomic E-state index is 13.4. The van der Waals surface area contributed by atoms with E-state index in [9.17, 15) is 4.39 Å². The van der Waals surface area contributed by atoms with Gasteiger partial charge in [0.25, 0.3) is 0 Å². The van der Waals surface area contributed by atoms with Crippen LogP contribution in [0.3, 0.4) is 0 Å². The van der Waals surface area contributed by atoms with E-state index in [1.807, 2.05) is 6.20 Å². The molecule has 3 N–H and O–H groups in total. The smallest absolute Gasteiger partial charge is 0.191 e. The van der Waals surface area contributed by atoms with E-state index < -0.39 is 0 Å². The van der Waals surface area contributed by atoms with Gasteiger partial charge in [-0.2, -0.15) is 0 Å². The topological polar surface area (TPSA) is 55.5 Å². The lowest BCUT2D eigenvalue weighted by Crippen LogP contribution is -2.45. The molecule has 6 heteroatoms. The zero-order valence-electron chi connectivity index (χ0n) is 15.3. The molecule has 136 valence electrons. The average molecular weight is 345 g/mol. The highest BCUT2D eigenvalue weighted by molar-refractivity contribution is 5.83. The predicted octanol–water partition coefficient (Wildman–Crippen LogP) is 2.50. The van der Waals surface area contributed by atoms with Crippen LogP contribution in [0.25, 0.3) is 10.9 Å². The lowest BCUT2D eigenvalue weighted by molar-refractivity contribution is 0.247. The molecule has 25 heavy (non-hydrogen) atoms. The molecule has 0 aliphatic heterocycles. The van der Waals surface area contributed by atoms with Crippen molar-refractivity contribution in [3.05, 3.63) is 35.8 Å². The quantitative estimate of drug-likeness (QED) is 0.534. The summed E-state index contributed by atoms with van der Waals surface area (Å²) >= 11 is 0. The van der Waals surface area contributed by atoms with Gasteiger partial charge in [-0.1, -0.05) is 0 Å². The monoisotopic (exact) mass is 345 g/mol. The normalized spacial score (nSPS) is 16.4. The molecular weight excluding hydrogens is 317 g/mol. The Kier molecular flexibility index (Phi) is 5.58. The molecule has 1 aromatic heterocycles. The lowest BCUT2D eigenvalue weighted by Gasteiger charge is -2.25. The fourth-order valence-corrected chi connectivity index (χ4v) is 3.12. The number of hydrogen-bond acceptors (Lipinski definition) is 2. The number of nitrogens with one attached hydrogen (secondary N) is 3. The Morgan fingerprint density at radius 2 is 2.20 bits per heavy atom. The van der Waals surface area contributed by atoms with E-state index in [-0.39, 0.29) is 5.82 Å². The molecule has 1 aliphatic carbocycles. The number of halogens is 1. The Morgan fingerprint density at radius 1 is 1.40 bits per heavy atom. The Bertz CT molecular complexity index is 734. The fourth-order valence-electron chi connectivity index (χ4n) is 3.12. The molecule has 0 radical (unpaired) electrons. The number of rotatable bonds is 7. The van der Waals surface area contributed by atoms with Crippen molar-refractivity contribution in [3.63, 3.8) is 0 Å². The van der Waals surface area contributed by atoms with Crippen LogP contribution in [0.5, 0.6) is 0 Å². The minimum Gasteiger partial charge on any atom is -0.361 e. The number of aliphatic imine (C=N–C) groups is 1. The van der Waals surface area contributed by atoms with Gasteiger partial charge in [-0.05, 0) is 57.0 Å². The first kappa shape index (κ1) is 17.7. The van der Waals surface area contributed by atoms with Gasteiger partial charge in [-0.25, -0.2) is 4.39 Å². The molecule has 5 nitrogen and oxygen atoms in total. The fraction of sp³-hybridized carbons (Fsp3) is 0.526. The number of benzene rings is 1. The second-order valence-electron chi connectivity index (χ2n) is 6.88. The first-order valence-electron chi connectivity index (χ1n) is 9.00. The number of likely N-dealkylation sites (N-methyl/N-ethyl adjacent to an activating group) is 1. The van der Waals surface area contributed by atoms with Crippen LogP contribution in [-0.2, 0) is 6.42 Å². The third kappa shape index (κ3) is 4.51. The van der Waals surface area contributed by atoms with E-state index in [1.165, 1.54) is 18.9 Å². The van der Waals surface area contributed by atoms with Gasteiger partial charge in [0.15, 0.2) is 5.96 Å². The van der Waals surface area contributed by atoms with Crippen LogP contribution in [0, 0.1) is 5.82 Å². The van der Waals surface area contributed by atoms with Crippen molar-refractivity contribution in [2.45, 2.75) is 38.3 Å². The highest BCUT2D eigenvalue weighted by Crippen LogP contribution is 2.26. The van der Waals surface area contributed by atoms with Crippen LogP contribution in [-0.4, -0.2) is 55.1 Å². The summed E-state index contributed by atoms with van der Waals surface area (Å²) in [7, 11) is 3.97. The van der Waals surface area contributed by atoms with Crippen molar-refractivity contribution in [1.82, 2.24) is 20.5 Å². The van der Waals surface area contributed by atoms with Gasteiger partial charge >= 0.3 is 0 Å². The van der Waals surface area contributed by atoms with Crippen LogP contribution in [0.2, 0.25) is 0 Å². The van der Waals surface area contributed by atoms with Gasteiger partial charge in [0.2, 0.25) is 0 Å². The molecule has 1 unspecified atom stereocenters. The average Bonchev–Trinajstić information content (AvgIpc) is 3.39. The van der Waals surface area contributed by atoms with Crippen LogP contribution in [0.1, 0.15) is 25.3 Å². The summed E-state index contributed by atoms with van der Waals surface area (Å²) in [6.45, 7) is 3.85. The summed E-state index contributed by atoms with van der Waals surface area (Å²) in [4.78, 5) is 9.91. The number of hydrogen-bond donors (Lipinski definition) is 3. The third-order valence-corrected chi connectivity index (χ3v) is 5.02. The predicted molar refractivity (Wildman–Crippen MR) is 102 cm³/mol. The first-order valence-corrected chi connectivity index (χ1v) is 9.00. The van der Waals surface area contributed by atoms with E-state index >= 15 is 0 Å². The zero-order valence-corrected chi connectivity index (χ0v) is 15.3. The second kappa shape index (κ2) is 7.87. The number of aromatic nitrogens is 1. The van der Waals surface area contributed by atoms with Crippen LogP contribution >= 0.6 is 0 Å². The van der Waals surface area contributed by atoms with Crippen molar-refractivity contribution in [2.75, 3.05) is 27.2 Å². The lowest BCUT2D eigenvalue weighted by atomic mass is 10.1. The van der Waals surface area contributed by atoms with Gasteiger partial charge in [-0.3, -0.25) is 9.89 Å². The van der Waals surface area contributed by atoms with Crippen molar-refractivity contribution < 1.29 is 4.39 Å². The third-order valence-electron chi connectivity index (χ3n) is 5.02. The van der Waals surface area contributed by atoms with Gasteiger partial charge in [-0.15, -0.1) is 0 Å². The van der Waals surface area contributed by atoms with E-state index in [4.69, 9.17) is 0 Å². The van der Waals surface area contributed by atoms with E-state index in [2.05, 4.69) is 39.5 Å². The van der Waals surface area contributed by atoms with Crippen molar-refractivity contribution in [1.29, 1.82) is 0 Å². The summed E-state index contributed by atoms with van der Waals surface area (Å²) < 4.78 is 13.4. The molecule has 0 bridgehead atoms. The number of fused-ring (bicyclic) bond motifs is 1. The van der Waals surface area contributed by atoms with Crippen LogP contribution in [0.15, 0.2) is 29.4 Å². The Labute approximate surface area is 148 Å². The summed E-state index contributed by atoms with van der Waals surface area (Å²) in [6, 6.07) is 6.08. The Hall–Kier alpha value is -2.08. The Balaban J connectivity index is 1.47. The summed E-state index contributed by atoms with van der Waals surface area (Å²) in [6.07, 6.45) is 5.40. The van der Waals surface area contributed by atoms with Crippen LogP contribution < -0.4 is 10.6 Å². The van der Waals surface area contributed by atoms with Crippen LogP contribution in [0.4, 0.5) is 4.39 Å². The highest BCUT2D eigenvalue weighted by Gasteiger charge is 2.28. The molecule has 1 saturated carbocycles. The zero-order chi connectivity index (χ0) is 17.8. The minimum absolute atomic E-state index is 0.201. The molecular formula is C19H28FN5. The first-order chi connectivity index (χ1) is 12.1. The standard InChI is InChI=1S/C19H28FN5/c1-13(25(3)16-5-6-16)11-24-19(21-2)22-9-8-14-12-23-18-7-4-15(20)10-17(14)18/h4,7,10,12-13,16,23H,5-6,8-9,11H2,1-3H3,(H2,21,22,24). The molecule has 1 fully saturated rings. The number of nitrogens with zero attached hydrogens (tertiary/aromatic N) is 2. The summed E-state index contributed by atoms with van der Waals surface area (Å²) in [5.74, 6) is 0.606. The molecule has 1 atom stereocenters. The van der Waals surface area contributed by atoms with Gasteiger partial charge < -0.3 is 15.6 Å². The molecule has 1 aliphatic rings. The minimum atomic E-state index is -0.201. The molecule has 0 spiro atoms. The molecule has 0 saturated heterocycles. The van der Waals surface area contributed by atoms with Gasteiger partial charge in [0.1, 0.15) is 5.82 Å². The second-order valence-corrected chi connectivity index (χ2v) is 6.88. The number of H-pyrrole nitrogens is 1. The van der Waals surface area contributed by atoms with Crippen molar-refractivity contribution >= 4 is 16.9 Å². The van der Waals surface area contributed by atoms with E-state index in [0.29, 0.717) is 6.04 Å². The van der Waals surface area contributed by atoms with Crippen molar-refractivity contribution in [2.24, 2.45) is 4.99 Å². The largest absolute Gasteiger partial charge is 0.361 e. The number of guanidine groups is 1. The molecule has 0 amide bonds. The van der Waals surface area contributed by atoms with Crippen molar-refractivity contribution in [3.8, 4) is 0 Å². The van der Waals surface area contributed by atoms with Gasteiger partial charge in [0, 0.05) is 49.3 Å². The SMILES string of the molecule is CN=C(NCCc1c[nH]c2ccc(F)cc12)NCC(C)N(C)C1CC1. The summed E-state index contributed by atoms with van der Waals surface area (Å²) in [5, 5.41) is 7.68. The molecule has 1 aromatic carbocycles. The maximum atomic E-state index is 13.4. The van der Waals surface area contributed by atoms with Gasteiger partial charge in [0.05, 0.1) is 0 Å².